The summed E-state index contributed by atoms with van der Waals surface area (Å²) in [5.41, 5.74) is 1.02. The molecule has 2 bridgehead atoms. The van der Waals surface area contributed by atoms with Crippen LogP contribution in [-0.2, 0) is 9.59 Å². The highest BCUT2D eigenvalue weighted by Gasteiger charge is 2.59. The van der Waals surface area contributed by atoms with Gasteiger partial charge in [0.1, 0.15) is 5.82 Å². The summed E-state index contributed by atoms with van der Waals surface area (Å²) in [6, 6.07) is 3.63. The molecule has 1 aromatic heterocycles. The van der Waals surface area contributed by atoms with Crippen molar-refractivity contribution in [2.24, 2.45) is 23.7 Å². The maximum Gasteiger partial charge on any atom is 0.239 e. The van der Waals surface area contributed by atoms with E-state index < -0.39 is 0 Å². The van der Waals surface area contributed by atoms with Crippen LogP contribution in [0.5, 0.6) is 0 Å². The molecule has 4 atom stereocenters. The van der Waals surface area contributed by atoms with Crippen LogP contribution >= 0.6 is 0 Å². The molecule has 0 aromatic carbocycles. The Morgan fingerprint density at radius 3 is 2.26 bits per heavy atom. The highest BCUT2D eigenvalue weighted by molar-refractivity contribution is 6.22. The van der Waals surface area contributed by atoms with Crippen molar-refractivity contribution in [3.63, 3.8) is 0 Å². The van der Waals surface area contributed by atoms with Crippen molar-refractivity contribution < 1.29 is 9.59 Å². The number of carbonyl (C=O) groups is 2. The quantitative estimate of drug-likeness (QED) is 0.566. The molecule has 2 amide bonds. The van der Waals surface area contributed by atoms with Crippen LogP contribution in [0.25, 0.3) is 0 Å². The van der Waals surface area contributed by atoms with E-state index in [-0.39, 0.29) is 35.5 Å². The standard InChI is InChI=1S/C15H14N2O2/c1-8-2-5-11(16-7-8)17-14(18)12-9-3-4-10(6-9)13(12)15(17)19/h2-5,7,9-10,12-13H,6H2,1H3/t9-,10-,12-,13-/m0/s1. The SMILES string of the molecule is Cc1ccc(N2C(=O)[C@@H]3[C@@H](C2=O)[C@H]2C=C[C@H]3C2)nc1. The molecule has 1 aliphatic heterocycles. The summed E-state index contributed by atoms with van der Waals surface area (Å²) in [4.78, 5) is 30.5. The molecule has 2 aliphatic carbocycles. The molecule has 4 nitrogen and oxygen atoms in total. The number of fused-ring (bicyclic) bond motifs is 5. The van der Waals surface area contributed by atoms with Crippen LogP contribution in [0.1, 0.15) is 12.0 Å². The zero-order valence-electron chi connectivity index (χ0n) is 10.6. The van der Waals surface area contributed by atoms with Gasteiger partial charge >= 0.3 is 0 Å². The number of anilines is 1. The Morgan fingerprint density at radius 2 is 1.74 bits per heavy atom. The molecule has 1 saturated heterocycles. The highest BCUT2D eigenvalue weighted by atomic mass is 16.2. The second-order valence-electron chi connectivity index (χ2n) is 5.71. The van der Waals surface area contributed by atoms with Gasteiger partial charge in [-0.15, -0.1) is 0 Å². The molecule has 1 saturated carbocycles. The van der Waals surface area contributed by atoms with Crippen molar-refractivity contribution in [1.82, 2.24) is 4.98 Å². The number of hydrogen-bond donors (Lipinski definition) is 0. The first-order valence-electron chi connectivity index (χ1n) is 6.65. The van der Waals surface area contributed by atoms with Gasteiger partial charge in [0.15, 0.2) is 0 Å². The topological polar surface area (TPSA) is 50.3 Å². The summed E-state index contributed by atoms with van der Waals surface area (Å²) in [5.74, 6) is 0.542. The first kappa shape index (κ1) is 10.9. The Hall–Kier alpha value is -1.97. The fourth-order valence-electron chi connectivity index (χ4n) is 3.72. The zero-order valence-corrected chi connectivity index (χ0v) is 10.6. The van der Waals surface area contributed by atoms with Crippen molar-refractivity contribution >= 4 is 17.6 Å². The number of pyridine rings is 1. The minimum Gasteiger partial charge on any atom is -0.274 e. The molecule has 96 valence electrons. The number of amides is 2. The summed E-state index contributed by atoms with van der Waals surface area (Å²) >= 11 is 0. The molecule has 2 fully saturated rings. The second-order valence-corrected chi connectivity index (χ2v) is 5.71. The van der Waals surface area contributed by atoms with Gasteiger partial charge in [-0.05, 0) is 36.8 Å². The van der Waals surface area contributed by atoms with Gasteiger partial charge in [0.25, 0.3) is 0 Å². The van der Waals surface area contributed by atoms with Crippen LogP contribution in [0.2, 0.25) is 0 Å². The van der Waals surface area contributed by atoms with Gasteiger partial charge in [-0.25, -0.2) is 9.88 Å². The smallest absolute Gasteiger partial charge is 0.239 e. The Balaban J connectivity index is 1.74. The number of aromatic nitrogens is 1. The van der Waals surface area contributed by atoms with Gasteiger partial charge in [0, 0.05) is 6.20 Å². The molecular weight excluding hydrogens is 240 g/mol. The minimum absolute atomic E-state index is 0.0665. The summed E-state index contributed by atoms with van der Waals surface area (Å²) < 4.78 is 0. The van der Waals surface area contributed by atoms with Crippen molar-refractivity contribution in [3.05, 3.63) is 36.0 Å². The summed E-state index contributed by atoms with van der Waals surface area (Å²) in [7, 11) is 0. The number of allylic oxidation sites excluding steroid dienone is 2. The first-order chi connectivity index (χ1) is 9.16. The van der Waals surface area contributed by atoms with Crippen LogP contribution in [0.3, 0.4) is 0 Å². The third-order valence-corrected chi connectivity index (χ3v) is 4.60. The van der Waals surface area contributed by atoms with Gasteiger partial charge < -0.3 is 0 Å². The minimum atomic E-state index is -0.148. The normalized spacial score (nSPS) is 35.3. The lowest BCUT2D eigenvalue weighted by atomic mass is 9.85. The van der Waals surface area contributed by atoms with Gasteiger partial charge in [-0.2, -0.15) is 0 Å². The van der Waals surface area contributed by atoms with Crippen molar-refractivity contribution in [3.8, 4) is 0 Å². The lowest BCUT2D eigenvalue weighted by Gasteiger charge is -2.16. The van der Waals surface area contributed by atoms with E-state index in [0.717, 1.165) is 12.0 Å². The number of hydrogen-bond acceptors (Lipinski definition) is 3. The number of rotatable bonds is 1. The van der Waals surface area contributed by atoms with E-state index in [1.165, 1.54) is 4.90 Å². The Labute approximate surface area is 111 Å². The summed E-state index contributed by atoms with van der Waals surface area (Å²) in [6.07, 6.45) is 6.85. The van der Waals surface area contributed by atoms with Crippen LogP contribution in [-0.4, -0.2) is 16.8 Å². The third kappa shape index (κ3) is 1.31. The fourth-order valence-corrected chi connectivity index (χ4v) is 3.72. The van der Waals surface area contributed by atoms with Crippen molar-refractivity contribution in [2.45, 2.75) is 13.3 Å². The van der Waals surface area contributed by atoms with Gasteiger partial charge in [0.05, 0.1) is 11.8 Å². The Morgan fingerprint density at radius 1 is 1.11 bits per heavy atom. The fraction of sp³-hybridized carbons (Fsp3) is 0.400. The van der Waals surface area contributed by atoms with Crippen LogP contribution in [0.4, 0.5) is 5.82 Å². The van der Waals surface area contributed by atoms with Crippen LogP contribution in [0.15, 0.2) is 30.5 Å². The maximum atomic E-state index is 12.5. The lowest BCUT2D eigenvalue weighted by molar-refractivity contribution is -0.123. The van der Waals surface area contributed by atoms with E-state index in [1.807, 2.05) is 13.0 Å². The molecule has 3 aliphatic rings. The van der Waals surface area contributed by atoms with E-state index in [0.29, 0.717) is 5.82 Å². The number of carbonyl (C=O) groups excluding carboxylic acids is 2. The first-order valence-corrected chi connectivity index (χ1v) is 6.65. The number of nitrogens with zero attached hydrogens (tertiary/aromatic N) is 2. The molecule has 0 N–H and O–H groups in total. The predicted octanol–water partition coefficient (Wildman–Crippen LogP) is 1.70. The van der Waals surface area contributed by atoms with Crippen molar-refractivity contribution in [2.75, 3.05) is 4.90 Å². The van der Waals surface area contributed by atoms with E-state index in [4.69, 9.17) is 0 Å². The molecule has 0 spiro atoms. The molecule has 1 aromatic rings. The largest absolute Gasteiger partial charge is 0.274 e. The predicted molar refractivity (Wildman–Crippen MR) is 69.2 cm³/mol. The molecule has 19 heavy (non-hydrogen) atoms. The number of imide groups is 1. The summed E-state index contributed by atoms with van der Waals surface area (Å²) in [6.45, 7) is 1.93. The molecule has 0 radical (unpaired) electrons. The van der Waals surface area contributed by atoms with E-state index >= 15 is 0 Å². The number of aryl methyl sites for hydroxylation is 1. The van der Waals surface area contributed by atoms with E-state index in [1.54, 1.807) is 12.3 Å². The van der Waals surface area contributed by atoms with E-state index in [9.17, 15) is 9.59 Å². The van der Waals surface area contributed by atoms with Crippen LogP contribution in [0, 0.1) is 30.6 Å². The Kier molecular flexibility index (Phi) is 2.03. The average molecular weight is 254 g/mol. The monoisotopic (exact) mass is 254 g/mol. The van der Waals surface area contributed by atoms with Gasteiger partial charge in [0.2, 0.25) is 11.8 Å². The van der Waals surface area contributed by atoms with Crippen molar-refractivity contribution in [1.29, 1.82) is 0 Å². The highest BCUT2D eigenvalue weighted by Crippen LogP contribution is 2.52. The van der Waals surface area contributed by atoms with Crippen LogP contribution < -0.4 is 4.90 Å². The average Bonchev–Trinajstić information content (AvgIpc) is 3.06. The molecule has 2 heterocycles. The third-order valence-electron chi connectivity index (χ3n) is 4.60. The molecule has 0 unspecified atom stereocenters. The van der Waals surface area contributed by atoms with Gasteiger partial charge in [-0.3, -0.25) is 9.59 Å². The Bertz CT molecular complexity index is 575. The zero-order chi connectivity index (χ0) is 13.1. The second kappa shape index (κ2) is 3.53. The molecule has 4 heteroatoms. The maximum absolute atomic E-state index is 12.5. The lowest BCUT2D eigenvalue weighted by Crippen LogP contribution is -2.33. The van der Waals surface area contributed by atoms with E-state index in [2.05, 4.69) is 17.1 Å². The molecule has 4 rings (SSSR count). The van der Waals surface area contributed by atoms with Gasteiger partial charge in [-0.1, -0.05) is 18.2 Å². The molecular formula is C15H14N2O2. The summed E-state index contributed by atoms with van der Waals surface area (Å²) in [5, 5.41) is 0.